The average Bonchev–Trinajstić information content (AvgIpc) is 3.50. The number of thioether (sulfide) groups is 1. The van der Waals surface area contributed by atoms with Crippen LogP contribution in [0.4, 0.5) is 4.79 Å². The number of carbonyl (C=O) groups excluding carboxylic acids is 2. The van der Waals surface area contributed by atoms with Gasteiger partial charge in [-0.05, 0) is 53.9 Å². The Kier molecular flexibility index (Phi) is 7.00. The summed E-state index contributed by atoms with van der Waals surface area (Å²) in [5.41, 5.74) is 4.77. The highest BCUT2D eigenvalue weighted by molar-refractivity contribution is 7.99. The molecule has 1 saturated carbocycles. The highest BCUT2D eigenvalue weighted by atomic mass is 32.2. The van der Waals surface area contributed by atoms with E-state index in [-0.39, 0.29) is 17.7 Å². The van der Waals surface area contributed by atoms with Gasteiger partial charge in [-0.1, -0.05) is 48.5 Å². The smallest absolute Gasteiger partial charge is 0.407 e. The van der Waals surface area contributed by atoms with Gasteiger partial charge in [-0.25, -0.2) is 9.59 Å². The minimum absolute atomic E-state index is 0.0352. The van der Waals surface area contributed by atoms with E-state index in [1.807, 2.05) is 24.3 Å². The second kappa shape index (κ2) is 10.3. The first kappa shape index (κ1) is 23.7. The predicted molar refractivity (Wildman–Crippen MR) is 134 cm³/mol. The number of amides is 2. The molecular weight excluding hydrogens is 464 g/mol. The monoisotopic (exact) mass is 494 g/mol. The van der Waals surface area contributed by atoms with E-state index in [1.54, 1.807) is 0 Å². The first-order valence-corrected chi connectivity index (χ1v) is 13.4. The molecule has 0 radical (unpaired) electrons. The number of carboxylic acids is 1. The number of benzene rings is 2. The summed E-state index contributed by atoms with van der Waals surface area (Å²) in [4.78, 5) is 38.2. The maximum absolute atomic E-state index is 12.8. The molecule has 2 aromatic carbocycles. The van der Waals surface area contributed by atoms with Crippen molar-refractivity contribution in [2.75, 3.05) is 24.8 Å². The van der Waals surface area contributed by atoms with Gasteiger partial charge in [-0.3, -0.25) is 4.79 Å². The number of rotatable bonds is 6. The van der Waals surface area contributed by atoms with Crippen molar-refractivity contribution in [1.29, 1.82) is 0 Å². The zero-order chi connectivity index (χ0) is 24.4. The Morgan fingerprint density at radius 3 is 2.23 bits per heavy atom. The van der Waals surface area contributed by atoms with Crippen LogP contribution in [0.1, 0.15) is 42.7 Å². The minimum Gasteiger partial charge on any atom is -0.480 e. The van der Waals surface area contributed by atoms with E-state index in [9.17, 15) is 19.5 Å². The lowest BCUT2D eigenvalue weighted by Crippen LogP contribution is -2.45. The molecule has 1 heterocycles. The number of alkyl carbamates (subject to hydrolysis) is 1. The van der Waals surface area contributed by atoms with Crippen LogP contribution in [0, 0.1) is 11.8 Å². The number of hydrogen-bond donors (Lipinski definition) is 2. The molecule has 2 aliphatic carbocycles. The van der Waals surface area contributed by atoms with Gasteiger partial charge in [0.05, 0.1) is 5.88 Å². The number of ether oxygens (including phenoxy) is 1. The predicted octanol–water partition coefficient (Wildman–Crippen LogP) is 4.32. The van der Waals surface area contributed by atoms with E-state index >= 15 is 0 Å². The third-order valence-electron chi connectivity index (χ3n) is 7.53. The van der Waals surface area contributed by atoms with Crippen molar-refractivity contribution in [3.8, 4) is 11.1 Å². The number of nitrogens with one attached hydrogen (secondary N) is 1. The molecule has 1 aliphatic heterocycles. The molecule has 1 saturated heterocycles. The first-order valence-electron chi connectivity index (χ1n) is 12.2. The Bertz CT molecular complexity index is 1070. The number of carboxylic acid groups (broad SMARTS) is 1. The van der Waals surface area contributed by atoms with E-state index in [0.29, 0.717) is 30.7 Å². The Morgan fingerprint density at radius 1 is 0.971 bits per heavy atom. The summed E-state index contributed by atoms with van der Waals surface area (Å²) >= 11 is 1.49. The van der Waals surface area contributed by atoms with Crippen LogP contribution < -0.4 is 5.32 Å². The summed E-state index contributed by atoms with van der Waals surface area (Å²) in [7, 11) is 0. The van der Waals surface area contributed by atoms with Crippen molar-refractivity contribution in [2.45, 2.75) is 37.6 Å². The number of aliphatic carboxylic acids is 1. The normalized spacial score (nSPS) is 23.4. The van der Waals surface area contributed by atoms with Crippen molar-refractivity contribution in [2.24, 2.45) is 11.8 Å². The molecule has 7 nitrogen and oxygen atoms in total. The zero-order valence-electron chi connectivity index (χ0n) is 19.5. The Balaban J connectivity index is 1.08. The van der Waals surface area contributed by atoms with Crippen molar-refractivity contribution in [3.63, 3.8) is 0 Å². The fraction of sp³-hybridized carbons (Fsp3) is 0.444. The third-order valence-corrected chi connectivity index (χ3v) is 8.54. The molecule has 3 aliphatic rings. The van der Waals surface area contributed by atoms with Gasteiger partial charge in [0.15, 0.2) is 0 Å². The van der Waals surface area contributed by atoms with Gasteiger partial charge in [0.2, 0.25) is 5.91 Å². The highest BCUT2D eigenvalue weighted by Gasteiger charge is 2.38. The van der Waals surface area contributed by atoms with Gasteiger partial charge < -0.3 is 20.1 Å². The minimum atomic E-state index is -0.927. The van der Waals surface area contributed by atoms with Crippen LogP contribution in [0.25, 0.3) is 11.1 Å². The number of hydrogen-bond acceptors (Lipinski definition) is 5. The van der Waals surface area contributed by atoms with Gasteiger partial charge in [-0.15, -0.1) is 11.8 Å². The molecule has 2 N–H and O–H groups in total. The lowest BCUT2D eigenvalue weighted by molar-refractivity contribution is -0.150. The van der Waals surface area contributed by atoms with E-state index in [4.69, 9.17) is 4.74 Å². The van der Waals surface area contributed by atoms with Crippen LogP contribution in [0.15, 0.2) is 48.5 Å². The van der Waals surface area contributed by atoms with Crippen LogP contribution in [-0.2, 0) is 14.3 Å². The third kappa shape index (κ3) is 4.89. The Labute approximate surface area is 209 Å². The van der Waals surface area contributed by atoms with E-state index in [0.717, 1.165) is 25.7 Å². The number of nitrogens with zero attached hydrogens (tertiary/aromatic N) is 1. The topological polar surface area (TPSA) is 95.9 Å². The average molecular weight is 495 g/mol. The van der Waals surface area contributed by atoms with Gasteiger partial charge in [-0.2, -0.15) is 0 Å². The quantitative estimate of drug-likeness (QED) is 0.621. The van der Waals surface area contributed by atoms with Crippen LogP contribution in [-0.4, -0.2) is 58.8 Å². The Morgan fingerprint density at radius 2 is 1.60 bits per heavy atom. The lowest BCUT2D eigenvalue weighted by Gasteiger charge is -2.31. The molecule has 0 aromatic heterocycles. The number of fused-ring (bicyclic) bond motifs is 3. The molecule has 35 heavy (non-hydrogen) atoms. The summed E-state index contributed by atoms with van der Waals surface area (Å²) in [6.45, 7) is 0.814. The fourth-order valence-electron chi connectivity index (χ4n) is 5.59. The number of carbonyl (C=O) groups is 3. The fourth-order valence-corrected chi connectivity index (χ4v) is 6.74. The van der Waals surface area contributed by atoms with Crippen LogP contribution >= 0.6 is 11.8 Å². The standard InChI is InChI=1S/C27H30N2O5S/c30-25(29-16-35-15-24(29)26(31)32)18-11-9-17(10-12-18)13-28-27(33)34-14-23-21-7-3-1-5-19(21)20-6-2-4-8-22(20)23/h1-8,17-18,23-24H,9-16H2,(H,28,33)(H,31,32). The van der Waals surface area contributed by atoms with Crippen molar-refractivity contribution in [1.82, 2.24) is 10.2 Å². The molecule has 1 atom stereocenters. The SMILES string of the molecule is O=C(NCC1CCC(C(=O)N2CSCC2C(=O)O)CC1)OCC1c2ccccc2-c2ccccc21. The maximum Gasteiger partial charge on any atom is 0.407 e. The van der Waals surface area contributed by atoms with Crippen LogP contribution in [0.5, 0.6) is 0 Å². The summed E-state index contributed by atoms with van der Waals surface area (Å²) in [5.74, 6) is 0.158. The molecule has 0 spiro atoms. The summed E-state index contributed by atoms with van der Waals surface area (Å²) in [6, 6.07) is 15.8. The summed E-state index contributed by atoms with van der Waals surface area (Å²) < 4.78 is 5.62. The Hall–Kier alpha value is -3.00. The van der Waals surface area contributed by atoms with Crippen molar-refractivity contribution >= 4 is 29.7 Å². The molecule has 1 unspecified atom stereocenters. The molecule has 2 amide bonds. The molecular formula is C27H30N2O5S. The van der Waals surface area contributed by atoms with E-state index in [1.165, 1.54) is 38.9 Å². The summed E-state index contributed by atoms with van der Waals surface area (Å²) in [6.07, 6.45) is 2.70. The molecule has 5 rings (SSSR count). The lowest BCUT2D eigenvalue weighted by atomic mass is 9.81. The molecule has 8 heteroatoms. The largest absolute Gasteiger partial charge is 0.480 e. The van der Waals surface area contributed by atoms with Crippen LogP contribution in [0.2, 0.25) is 0 Å². The first-order chi connectivity index (χ1) is 17.0. The molecule has 2 aromatic rings. The highest BCUT2D eigenvalue weighted by Crippen LogP contribution is 2.44. The van der Waals surface area contributed by atoms with Crippen molar-refractivity contribution in [3.05, 3.63) is 59.7 Å². The van der Waals surface area contributed by atoms with E-state index in [2.05, 4.69) is 29.6 Å². The molecule has 184 valence electrons. The zero-order valence-corrected chi connectivity index (χ0v) is 20.3. The second-order valence-electron chi connectivity index (χ2n) is 9.59. The molecule has 0 bridgehead atoms. The van der Waals surface area contributed by atoms with E-state index < -0.39 is 18.1 Å². The van der Waals surface area contributed by atoms with Gasteiger partial charge in [0.1, 0.15) is 12.6 Å². The van der Waals surface area contributed by atoms with Gasteiger partial charge in [0.25, 0.3) is 0 Å². The van der Waals surface area contributed by atoms with Gasteiger partial charge in [0, 0.05) is 24.1 Å². The van der Waals surface area contributed by atoms with Crippen molar-refractivity contribution < 1.29 is 24.2 Å². The molecule has 2 fully saturated rings. The van der Waals surface area contributed by atoms with Crippen LogP contribution in [0.3, 0.4) is 0 Å². The summed E-state index contributed by atoms with van der Waals surface area (Å²) in [5, 5.41) is 12.3. The maximum atomic E-state index is 12.8. The van der Waals surface area contributed by atoms with Gasteiger partial charge >= 0.3 is 12.1 Å². The second-order valence-corrected chi connectivity index (χ2v) is 10.6.